The van der Waals surface area contributed by atoms with E-state index in [1.165, 1.54) is 0 Å². The normalized spacial score (nSPS) is 14.1. The van der Waals surface area contributed by atoms with E-state index in [1.807, 2.05) is 20.8 Å². The first kappa shape index (κ1) is 16.0. The Labute approximate surface area is 102 Å². The second-order valence-electron chi connectivity index (χ2n) is 5.43. The molecule has 0 aliphatic rings. The predicted octanol–water partition coefficient (Wildman–Crippen LogP) is 3.81. The smallest absolute Gasteiger partial charge is 0.156 e. The maximum absolute atomic E-state index is 12.4. The molecular weight excluding hydrogens is 220 g/mol. The first-order valence-electron chi connectivity index (χ1n) is 6.42. The molecule has 0 rings (SSSR count). The zero-order valence-corrected chi connectivity index (χ0v) is 12.6. The van der Waals surface area contributed by atoms with Crippen molar-refractivity contribution in [2.45, 2.75) is 72.0 Å². The van der Waals surface area contributed by atoms with Crippen LogP contribution in [-0.4, -0.2) is 18.9 Å². The topological polar surface area (TPSA) is 34.1 Å². The van der Waals surface area contributed by atoms with Crippen LogP contribution < -0.4 is 0 Å². The molecule has 0 amide bonds. The van der Waals surface area contributed by atoms with Gasteiger partial charge in [0, 0.05) is 0 Å². The van der Waals surface area contributed by atoms with E-state index in [-0.39, 0.29) is 5.41 Å². The second-order valence-corrected chi connectivity index (χ2v) is 7.94. The van der Waals surface area contributed by atoms with Crippen LogP contribution >= 0.6 is 0 Å². The van der Waals surface area contributed by atoms with Crippen LogP contribution in [-0.2, 0) is 9.84 Å². The largest absolute Gasteiger partial charge is 0.228 e. The van der Waals surface area contributed by atoms with Crippen LogP contribution in [0.25, 0.3) is 0 Å². The molecule has 2 nitrogen and oxygen atoms in total. The van der Waals surface area contributed by atoms with Crippen LogP contribution in [0.5, 0.6) is 0 Å². The van der Waals surface area contributed by atoms with Crippen LogP contribution in [0.1, 0.15) is 67.2 Å². The van der Waals surface area contributed by atoms with Crippen LogP contribution in [0.15, 0.2) is 0 Å². The van der Waals surface area contributed by atoms with E-state index >= 15 is 0 Å². The van der Waals surface area contributed by atoms with E-state index in [4.69, 9.17) is 0 Å². The van der Waals surface area contributed by atoms with Gasteiger partial charge in [0.1, 0.15) is 0 Å². The Balaban J connectivity index is 5.09. The lowest BCUT2D eigenvalue weighted by atomic mass is 9.87. The van der Waals surface area contributed by atoms with Gasteiger partial charge < -0.3 is 0 Å². The Morgan fingerprint density at radius 2 is 1.19 bits per heavy atom. The van der Waals surface area contributed by atoms with E-state index in [2.05, 4.69) is 20.8 Å². The van der Waals surface area contributed by atoms with Gasteiger partial charge in [0.2, 0.25) is 0 Å². The molecule has 0 aromatic heterocycles. The number of hydrogen-bond donors (Lipinski definition) is 0. The number of sulfone groups is 1. The minimum atomic E-state index is -3.00. The van der Waals surface area contributed by atoms with Crippen molar-refractivity contribution < 1.29 is 8.42 Å². The van der Waals surface area contributed by atoms with Gasteiger partial charge in [0.05, 0.1) is 10.5 Å². The third-order valence-electron chi connectivity index (χ3n) is 4.49. The Kier molecular flexibility index (Phi) is 5.51. The van der Waals surface area contributed by atoms with Gasteiger partial charge in [-0.2, -0.15) is 0 Å². The van der Waals surface area contributed by atoms with E-state index in [0.717, 1.165) is 12.8 Å². The standard InChI is InChI=1S/C13H28O2S/c1-7-12(5,8-2)11-16(14,15)13(6,9-3)10-4/h7-11H2,1-6H3. The van der Waals surface area contributed by atoms with Gasteiger partial charge in [0.25, 0.3) is 0 Å². The van der Waals surface area contributed by atoms with Gasteiger partial charge in [-0.05, 0) is 38.0 Å². The molecule has 0 N–H and O–H groups in total. The number of rotatable bonds is 7. The van der Waals surface area contributed by atoms with Crippen molar-refractivity contribution in [3.05, 3.63) is 0 Å². The van der Waals surface area contributed by atoms with E-state index in [1.54, 1.807) is 0 Å². The Bertz CT molecular complexity index is 296. The van der Waals surface area contributed by atoms with Gasteiger partial charge in [-0.25, -0.2) is 8.42 Å². The summed E-state index contributed by atoms with van der Waals surface area (Å²) in [6, 6.07) is 0. The second kappa shape index (κ2) is 5.52. The van der Waals surface area contributed by atoms with Gasteiger partial charge in [-0.3, -0.25) is 0 Å². The third kappa shape index (κ3) is 3.22. The summed E-state index contributed by atoms with van der Waals surface area (Å²) < 4.78 is 24.4. The first-order chi connectivity index (χ1) is 7.20. The summed E-state index contributed by atoms with van der Waals surface area (Å²) in [7, 11) is -3.00. The molecule has 0 bridgehead atoms. The van der Waals surface area contributed by atoms with Gasteiger partial charge in [-0.1, -0.05) is 34.6 Å². The fourth-order valence-corrected chi connectivity index (χ4v) is 4.33. The summed E-state index contributed by atoms with van der Waals surface area (Å²) in [5.41, 5.74) is -0.0650. The average molecular weight is 248 g/mol. The number of hydrogen-bond acceptors (Lipinski definition) is 2. The highest BCUT2D eigenvalue weighted by Crippen LogP contribution is 2.34. The van der Waals surface area contributed by atoms with Gasteiger partial charge >= 0.3 is 0 Å². The summed E-state index contributed by atoms with van der Waals surface area (Å²) in [6.45, 7) is 12.1. The highest BCUT2D eigenvalue weighted by Gasteiger charge is 2.39. The molecule has 0 spiro atoms. The Morgan fingerprint density at radius 1 is 0.812 bits per heavy atom. The van der Waals surface area contributed by atoms with Crippen molar-refractivity contribution >= 4 is 9.84 Å². The summed E-state index contributed by atoms with van der Waals surface area (Å²) in [5.74, 6) is 0.325. The Morgan fingerprint density at radius 3 is 1.44 bits per heavy atom. The van der Waals surface area contributed by atoms with Crippen LogP contribution in [0.4, 0.5) is 0 Å². The molecule has 0 aromatic rings. The van der Waals surface area contributed by atoms with Gasteiger partial charge in [0.15, 0.2) is 9.84 Å². The highest BCUT2D eigenvalue weighted by molar-refractivity contribution is 7.92. The molecule has 0 fully saturated rings. The maximum atomic E-state index is 12.4. The molecule has 0 aromatic carbocycles. The van der Waals surface area contributed by atoms with Crippen molar-refractivity contribution in [1.82, 2.24) is 0 Å². The lowest BCUT2D eigenvalue weighted by molar-refractivity contribution is 0.334. The lowest BCUT2D eigenvalue weighted by Crippen LogP contribution is -2.40. The van der Waals surface area contributed by atoms with Crippen LogP contribution in [0, 0.1) is 5.41 Å². The molecule has 16 heavy (non-hydrogen) atoms. The quantitative estimate of drug-likeness (QED) is 0.686. The fraction of sp³-hybridized carbons (Fsp3) is 1.00. The van der Waals surface area contributed by atoms with E-state index < -0.39 is 14.6 Å². The minimum Gasteiger partial charge on any atom is -0.228 e. The molecule has 0 atom stereocenters. The summed E-state index contributed by atoms with van der Waals surface area (Å²) in [5, 5.41) is 0. The summed E-state index contributed by atoms with van der Waals surface area (Å²) in [4.78, 5) is 0. The van der Waals surface area contributed by atoms with Gasteiger partial charge in [-0.15, -0.1) is 0 Å². The zero-order valence-electron chi connectivity index (χ0n) is 11.8. The molecule has 0 radical (unpaired) electrons. The van der Waals surface area contributed by atoms with Crippen molar-refractivity contribution in [3.8, 4) is 0 Å². The van der Waals surface area contributed by atoms with Crippen molar-refractivity contribution in [2.24, 2.45) is 5.41 Å². The zero-order chi connectivity index (χ0) is 13.0. The molecule has 98 valence electrons. The molecule has 0 aliphatic carbocycles. The predicted molar refractivity (Wildman–Crippen MR) is 71.5 cm³/mol. The fourth-order valence-electron chi connectivity index (χ4n) is 1.78. The van der Waals surface area contributed by atoms with Crippen molar-refractivity contribution in [2.75, 3.05) is 5.75 Å². The van der Waals surface area contributed by atoms with E-state index in [0.29, 0.717) is 18.6 Å². The third-order valence-corrected chi connectivity index (χ3v) is 7.65. The van der Waals surface area contributed by atoms with E-state index in [9.17, 15) is 8.42 Å². The lowest BCUT2D eigenvalue weighted by Gasteiger charge is -2.33. The molecular formula is C13H28O2S. The average Bonchev–Trinajstić information content (AvgIpc) is 2.26. The molecule has 0 heterocycles. The Hall–Kier alpha value is -0.0500. The molecule has 3 heteroatoms. The summed E-state index contributed by atoms with van der Waals surface area (Å²) in [6.07, 6.45) is 3.25. The molecule has 0 saturated carbocycles. The van der Waals surface area contributed by atoms with Crippen LogP contribution in [0.3, 0.4) is 0 Å². The molecule has 0 saturated heterocycles. The van der Waals surface area contributed by atoms with Crippen LogP contribution in [0.2, 0.25) is 0 Å². The van der Waals surface area contributed by atoms with Crippen molar-refractivity contribution in [1.29, 1.82) is 0 Å². The monoisotopic (exact) mass is 248 g/mol. The maximum Gasteiger partial charge on any atom is 0.156 e. The highest BCUT2D eigenvalue weighted by atomic mass is 32.2. The van der Waals surface area contributed by atoms with Crippen molar-refractivity contribution in [3.63, 3.8) is 0 Å². The first-order valence-corrected chi connectivity index (χ1v) is 8.07. The SMILES string of the molecule is CCC(C)(CC)CS(=O)(=O)C(C)(CC)CC. The summed E-state index contributed by atoms with van der Waals surface area (Å²) >= 11 is 0. The molecule has 0 unspecified atom stereocenters. The molecule has 0 aliphatic heterocycles. The minimum absolute atomic E-state index is 0.0650.